The summed E-state index contributed by atoms with van der Waals surface area (Å²) in [5.74, 6) is -0.628. The van der Waals surface area contributed by atoms with Gasteiger partial charge in [-0.2, -0.15) is 5.10 Å². The van der Waals surface area contributed by atoms with Gasteiger partial charge in [0.25, 0.3) is 5.56 Å². The molecule has 0 radical (unpaired) electrons. The molecule has 31 heavy (non-hydrogen) atoms. The highest BCUT2D eigenvalue weighted by atomic mass is 35.5. The van der Waals surface area contributed by atoms with Gasteiger partial charge >= 0.3 is 0 Å². The summed E-state index contributed by atoms with van der Waals surface area (Å²) in [5, 5.41) is 7.22. The fourth-order valence-corrected chi connectivity index (χ4v) is 5.04. The minimum absolute atomic E-state index is 0.0410. The molecule has 4 rings (SSSR count). The molecular formula is C23H27ClN4O3. The molecule has 0 aliphatic carbocycles. The number of aromatic nitrogens is 2. The van der Waals surface area contributed by atoms with Crippen LogP contribution in [0, 0.1) is 0 Å². The Bertz CT molecular complexity index is 1040. The third-order valence-corrected chi connectivity index (χ3v) is 6.71. The van der Waals surface area contributed by atoms with Gasteiger partial charge in [-0.25, -0.2) is 4.68 Å². The molecule has 7 nitrogen and oxygen atoms in total. The van der Waals surface area contributed by atoms with Gasteiger partial charge in [0.15, 0.2) is 0 Å². The van der Waals surface area contributed by atoms with Gasteiger partial charge < -0.3 is 4.90 Å². The zero-order valence-corrected chi connectivity index (χ0v) is 18.4. The molecule has 2 saturated heterocycles. The molecule has 1 N–H and O–H groups in total. The number of hydrogen-bond donors (Lipinski definition) is 1. The van der Waals surface area contributed by atoms with E-state index in [0.29, 0.717) is 30.1 Å². The van der Waals surface area contributed by atoms with Gasteiger partial charge in [-0.15, -0.1) is 0 Å². The Morgan fingerprint density at radius 3 is 2.55 bits per heavy atom. The number of benzene rings is 1. The highest BCUT2D eigenvalue weighted by molar-refractivity contribution is 6.32. The van der Waals surface area contributed by atoms with Crippen molar-refractivity contribution in [2.75, 3.05) is 18.0 Å². The summed E-state index contributed by atoms with van der Waals surface area (Å²) in [4.78, 5) is 38.6. The van der Waals surface area contributed by atoms with Gasteiger partial charge in [0.1, 0.15) is 5.69 Å². The molecule has 0 spiro atoms. The molecule has 0 saturated carbocycles. The summed E-state index contributed by atoms with van der Waals surface area (Å²) >= 11 is 6.77. The van der Waals surface area contributed by atoms with Gasteiger partial charge in [-0.3, -0.25) is 19.7 Å². The fourth-order valence-electron chi connectivity index (χ4n) is 4.63. The number of aryl methyl sites for hydroxylation is 1. The lowest BCUT2D eigenvalue weighted by atomic mass is 9.84. The number of carbonyl (C=O) groups is 2. The van der Waals surface area contributed by atoms with E-state index in [-0.39, 0.29) is 29.2 Å². The second kappa shape index (κ2) is 9.22. The quantitative estimate of drug-likeness (QED) is 0.719. The van der Waals surface area contributed by atoms with Crippen LogP contribution in [0.1, 0.15) is 62.0 Å². The average Bonchev–Trinajstić information content (AvgIpc) is 2.76. The van der Waals surface area contributed by atoms with E-state index < -0.39 is 0 Å². The minimum Gasteiger partial charge on any atom is -0.367 e. The summed E-state index contributed by atoms with van der Waals surface area (Å²) in [6, 6.07) is 7.65. The number of rotatable bonds is 5. The van der Waals surface area contributed by atoms with Crippen molar-refractivity contribution in [1.82, 2.24) is 15.1 Å². The topological polar surface area (TPSA) is 84.3 Å². The van der Waals surface area contributed by atoms with Crippen molar-refractivity contribution >= 4 is 29.1 Å². The molecule has 1 unspecified atom stereocenters. The lowest BCUT2D eigenvalue weighted by Crippen LogP contribution is -2.39. The third-order valence-electron chi connectivity index (χ3n) is 6.28. The zero-order valence-electron chi connectivity index (χ0n) is 17.6. The van der Waals surface area contributed by atoms with Gasteiger partial charge in [0, 0.05) is 37.3 Å². The number of nitrogens with zero attached hydrogens (tertiary/aromatic N) is 3. The second-order valence-corrected chi connectivity index (χ2v) is 8.64. The lowest BCUT2D eigenvalue weighted by molar-refractivity contribution is -0.134. The maximum Gasteiger partial charge on any atom is 0.290 e. The number of hydrogen-bond acceptors (Lipinski definition) is 5. The van der Waals surface area contributed by atoms with Crippen molar-refractivity contribution in [1.29, 1.82) is 0 Å². The lowest BCUT2D eigenvalue weighted by Gasteiger charge is -2.34. The monoisotopic (exact) mass is 442 g/mol. The molecule has 1 aromatic carbocycles. The average molecular weight is 443 g/mol. The van der Waals surface area contributed by atoms with Crippen molar-refractivity contribution in [2.24, 2.45) is 0 Å². The van der Waals surface area contributed by atoms with Gasteiger partial charge in [0.05, 0.1) is 5.92 Å². The molecule has 164 valence electrons. The Hall–Kier alpha value is -2.67. The molecule has 1 atom stereocenters. The Morgan fingerprint density at radius 2 is 1.84 bits per heavy atom. The summed E-state index contributed by atoms with van der Waals surface area (Å²) in [6.07, 6.45) is 5.11. The number of anilines is 1. The summed E-state index contributed by atoms with van der Waals surface area (Å²) in [6.45, 7) is 4.16. The van der Waals surface area contributed by atoms with Crippen molar-refractivity contribution in [3.63, 3.8) is 0 Å². The number of piperidine rings is 2. The van der Waals surface area contributed by atoms with Crippen LogP contribution in [0.5, 0.6) is 0 Å². The van der Waals surface area contributed by atoms with Gasteiger partial charge in [0.2, 0.25) is 11.8 Å². The van der Waals surface area contributed by atoms with Crippen LogP contribution < -0.4 is 15.8 Å². The molecule has 1 aromatic heterocycles. The molecule has 2 aromatic rings. The van der Waals surface area contributed by atoms with Crippen molar-refractivity contribution in [3.8, 4) is 0 Å². The molecule has 3 heterocycles. The summed E-state index contributed by atoms with van der Waals surface area (Å²) < 4.78 is 1.53. The first-order valence-electron chi connectivity index (χ1n) is 10.9. The van der Waals surface area contributed by atoms with E-state index in [1.807, 2.05) is 25.1 Å². The first-order chi connectivity index (χ1) is 15.0. The highest BCUT2D eigenvalue weighted by Gasteiger charge is 2.31. The van der Waals surface area contributed by atoms with E-state index in [9.17, 15) is 14.4 Å². The molecule has 2 fully saturated rings. The number of amides is 2. The first kappa shape index (κ1) is 21.6. The number of halogens is 1. The van der Waals surface area contributed by atoms with Gasteiger partial charge in [-0.05, 0) is 48.8 Å². The smallest absolute Gasteiger partial charge is 0.290 e. The van der Waals surface area contributed by atoms with E-state index in [1.165, 1.54) is 4.68 Å². The van der Waals surface area contributed by atoms with Crippen molar-refractivity contribution in [3.05, 3.63) is 57.0 Å². The van der Waals surface area contributed by atoms with E-state index in [1.54, 1.807) is 12.3 Å². The van der Waals surface area contributed by atoms with E-state index >= 15 is 0 Å². The standard InChI is InChI=1S/C23H27ClN4O3/c1-2-12-28-23(31)19(8-11-25-28)27-13-9-15(10-14-27)16-4-3-5-17(21(16)24)18-6-7-20(29)26-22(18)30/h3-5,8,11,15,18H,2,6-7,9-10,12-14H2,1H3,(H,26,29,30). The largest absolute Gasteiger partial charge is 0.367 e. The highest BCUT2D eigenvalue weighted by Crippen LogP contribution is 2.39. The maximum atomic E-state index is 12.7. The molecule has 2 aliphatic rings. The van der Waals surface area contributed by atoms with Crippen LogP contribution in [0.15, 0.2) is 35.3 Å². The molecule has 2 aliphatic heterocycles. The second-order valence-electron chi connectivity index (χ2n) is 8.26. The number of carbonyl (C=O) groups excluding carboxylic acids is 2. The molecule has 0 bridgehead atoms. The van der Waals surface area contributed by atoms with Crippen molar-refractivity contribution in [2.45, 2.75) is 57.4 Å². The van der Waals surface area contributed by atoms with Crippen molar-refractivity contribution < 1.29 is 9.59 Å². The van der Waals surface area contributed by atoms with E-state index in [2.05, 4.69) is 15.3 Å². The minimum atomic E-state index is -0.390. The van der Waals surface area contributed by atoms with Crippen LogP contribution in [-0.4, -0.2) is 34.7 Å². The molecule has 8 heteroatoms. The van der Waals surface area contributed by atoms with Crippen LogP contribution in [0.2, 0.25) is 5.02 Å². The first-order valence-corrected chi connectivity index (χ1v) is 11.3. The third kappa shape index (κ3) is 4.37. The SMILES string of the molecule is CCCn1nccc(N2CCC(c3cccc(C4CCC(=O)NC4=O)c3Cl)CC2)c1=O. The summed E-state index contributed by atoms with van der Waals surface area (Å²) in [7, 11) is 0. The Balaban J connectivity index is 1.50. The fraction of sp³-hybridized carbons (Fsp3) is 0.478. The van der Waals surface area contributed by atoms with Crippen LogP contribution in [0.3, 0.4) is 0 Å². The Labute approximate surface area is 186 Å². The molecule has 2 amide bonds. The van der Waals surface area contributed by atoms with Crippen LogP contribution in [0.4, 0.5) is 5.69 Å². The number of imide groups is 1. The maximum absolute atomic E-state index is 12.7. The Morgan fingerprint density at radius 1 is 1.10 bits per heavy atom. The summed E-state index contributed by atoms with van der Waals surface area (Å²) in [5.41, 5.74) is 2.50. The van der Waals surface area contributed by atoms with E-state index in [0.717, 1.165) is 43.5 Å². The van der Waals surface area contributed by atoms with E-state index in [4.69, 9.17) is 11.6 Å². The van der Waals surface area contributed by atoms with Crippen LogP contribution >= 0.6 is 11.6 Å². The van der Waals surface area contributed by atoms with Crippen LogP contribution in [0.25, 0.3) is 0 Å². The Kier molecular flexibility index (Phi) is 6.41. The normalized spacial score (nSPS) is 20.1. The predicted molar refractivity (Wildman–Crippen MR) is 120 cm³/mol. The number of nitrogens with one attached hydrogen (secondary N) is 1. The predicted octanol–water partition coefficient (Wildman–Crippen LogP) is 3.21. The zero-order chi connectivity index (χ0) is 22.0. The van der Waals surface area contributed by atoms with Crippen LogP contribution in [-0.2, 0) is 16.1 Å². The van der Waals surface area contributed by atoms with Gasteiger partial charge in [-0.1, -0.05) is 36.7 Å². The molecular weight excluding hydrogens is 416 g/mol.